The first kappa shape index (κ1) is 10.3. The summed E-state index contributed by atoms with van der Waals surface area (Å²) in [5.74, 6) is -1.68. The Morgan fingerprint density at radius 2 is 2.15 bits per heavy atom. The van der Waals surface area contributed by atoms with E-state index < -0.39 is 23.7 Å². The van der Waals surface area contributed by atoms with Gasteiger partial charge in [0.15, 0.2) is 0 Å². The molecule has 0 spiro atoms. The molecule has 1 heterocycles. The van der Waals surface area contributed by atoms with Crippen LogP contribution in [-0.4, -0.2) is 10.1 Å². The first-order valence-electron chi connectivity index (χ1n) is 3.28. The lowest BCUT2D eigenvalue weighted by Gasteiger charge is -2.08. The molecule has 0 aliphatic carbocycles. The van der Waals surface area contributed by atoms with Gasteiger partial charge in [0, 0.05) is 10.9 Å². The van der Waals surface area contributed by atoms with Gasteiger partial charge >= 0.3 is 0 Å². The van der Waals surface area contributed by atoms with E-state index in [-0.39, 0.29) is 10.9 Å². The number of pyridine rings is 1. The van der Waals surface area contributed by atoms with Crippen molar-refractivity contribution in [1.29, 1.82) is 0 Å². The van der Waals surface area contributed by atoms with E-state index in [0.29, 0.717) is 6.20 Å². The van der Waals surface area contributed by atoms with Gasteiger partial charge in [-0.05, 0) is 0 Å². The Kier molecular flexibility index (Phi) is 3.13. The molecule has 1 N–H and O–H groups in total. The molecule has 0 amide bonds. The highest BCUT2D eigenvalue weighted by Crippen LogP contribution is 2.32. The fourth-order valence-electron chi connectivity index (χ4n) is 0.902. The molecule has 0 saturated heterocycles. The number of hydrogen-bond acceptors (Lipinski definition) is 2. The molecule has 13 heavy (non-hydrogen) atoms. The van der Waals surface area contributed by atoms with Gasteiger partial charge in [-0.2, -0.15) is 4.39 Å². The zero-order chi connectivity index (χ0) is 10.0. The maximum atomic E-state index is 12.8. The summed E-state index contributed by atoms with van der Waals surface area (Å²) in [7, 11) is 0. The van der Waals surface area contributed by atoms with Gasteiger partial charge in [-0.3, -0.25) is 0 Å². The normalized spacial score (nSPS) is 10.8. The number of halogens is 4. The number of nitrogens with zero attached hydrogens (tertiary/aromatic N) is 1. The minimum absolute atomic E-state index is 0.111. The van der Waals surface area contributed by atoms with Crippen molar-refractivity contribution in [3.8, 4) is 5.75 Å². The Morgan fingerprint density at radius 3 is 2.54 bits per heavy atom. The molecule has 6 heteroatoms. The van der Waals surface area contributed by atoms with E-state index in [0.717, 1.165) is 0 Å². The van der Waals surface area contributed by atoms with Crippen LogP contribution in [0.4, 0.5) is 13.2 Å². The van der Waals surface area contributed by atoms with Gasteiger partial charge < -0.3 is 5.11 Å². The van der Waals surface area contributed by atoms with Gasteiger partial charge in [0.25, 0.3) is 6.43 Å². The van der Waals surface area contributed by atoms with Crippen molar-refractivity contribution in [2.24, 2.45) is 0 Å². The number of alkyl halides is 3. The Balaban J connectivity index is 3.35. The molecule has 0 unspecified atom stereocenters. The highest BCUT2D eigenvalue weighted by Gasteiger charge is 2.21. The molecule has 1 aromatic heterocycles. The van der Waals surface area contributed by atoms with Gasteiger partial charge in [0.2, 0.25) is 5.95 Å². The summed E-state index contributed by atoms with van der Waals surface area (Å²) < 4.78 is 37.4. The second-order valence-electron chi connectivity index (χ2n) is 2.26. The standard InChI is InChI=1S/C7H5BrF3NO/c8-1-3-5(6(9)10)4(13)2-12-7(3)11/h2,6,13H,1H2. The zero-order valence-corrected chi connectivity index (χ0v) is 7.85. The average Bonchev–Trinajstić information content (AvgIpc) is 2.07. The number of rotatable bonds is 2. The van der Waals surface area contributed by atoms with Crippen molar-refractivity contribution in [2.75, 3.05) is 0 Å². The summed E-state index contributed by atoms with van der Waals surface area (Å²) in [5, 5.41) is 8.88. The Hall–Kier alpha value is -0.780. The van der Waals surface area contributed by atoms with Gasteiger partial charge in [-0.15, -0.1) is 0 Å². The number of aromatic nitrogens is 1. The van der Waals surface area contributed by atoms with Gasteiger partial charge in [-0.25, -0.2) is 13.8 Å². The second kappa shape index (κ2) is 3.95. The third-order valence-electron chi connectivity index (χ3n) is 1.50. The van der Waals surface area contributed by atoms with Gasteiger partial charge in [0.05, 0.1) is 11.8 Å². The molecular formula is C7H5BrF3NO. The lowest BCUT2D eigenvalue weighted by Crippen LogP contribution is -1.99. The lowest BCUT2D eigenvalue weighted by molar-refractivity contribution is 0.145. The lowest BCUT2D eigenvalue weighted by atomic mass is 10.1. The molecule has 0 aliphatic heterocycles. The molecule has 2 nitrogen and oxygen atoms in total. The number of hydrogen-bond donors (Lipinski definition) is 1. The first-order valence-corrected chi connectivity index (χ1v) is 4.40. The first-order chi connectivity index (χ1) is 6.07. The monoisotopic (exact) mass is 255 g/mol. The second-order valence-corrected chi connectivity index (χ2v) is 2.82. The Bertz CT molecular complexity index is 319. The summed E-state index contributed by atoms with van der Waals surface area (Å²) >= 11 is 2.84. The summed E-state index contributed by atoms with van der Waals surface area (Å²) in [6.45, 7) is 0. The van der Waals surface area contributed by atoms with Crippen LogP contribution in [-0.2, 0) is 5.33 Å². The van der Waals surface area contributed by atoms with E-state index in [9.17, 15) is 13.2 Å². The van der Waals surface area contributed by atoms with Gasteiger partial charge in [0.1, 0.15) is 5.75 Å². The molecule has 1 aromatic rings. The summed E-state index contributed by atoms with van der Waals surface area (Å²) in [6.07, 6.45) is -2.24. The van der Waals surface area contributed by atoms with Crippen LogP contribution in [0.5, 0.6) is 5.75 Å². The predicted octanol–water partition coefficient (Wildman–Crippen LogP) is 2.76. The molecule has 72 valence electrons. The van der Waals surface area contributed by atoms with Crippen molar-refractivity contribution in [3.05, 3.63) is 23.3 Å². The van der Waals surface area contributed by atoms with E-state index >= 15 is 0 Å². The molecule has 1 rings (SSSR count). The molecular weight excluding hydrogens is 251 g/mol. The maximum Gasteiger partial charge on any atom is 0.267 e. The van der Waals surface area contributed by atoms with Crippen LogP contribution in [0, 0.1) is 5.95 Å². The smallest absolute Gasteiger partial charge is 0.267 e. The predicted molar refractivity (Wildman–Crippen MR) is 43.4 cm³/mol. The molecule has 0 radical (unpaired) electrons. The van der Waals surface area contributed by atoms with Crippen molar-refractivity contribution in [1.82, 2.24) is 4.98 Å². The SMILES string of the molecule is Oc1cnc(F)c(CBr)c1C(F)F. The van der Waals surface area contributed by atoms with Crippen LogP contribution in [0.15, 0.2) is 6.20 Å². The number of aromatic hydroxyl groups is 1. The Morgan fingerprint density at radius 1 is 1.54 bits per heavy atom. The van der Waals surface area contributed by atoms with Crippen LogP contribution in [0.3, 0.4) is 0 Å². The highest BCUT2D eigenvalue weighted by molar-refractivity contribution is 9.08. The molecule has 0 aromatic carbocycles. The van der Waals surface area contributed by atoms with Crippen LogP contribution in [0.1, 0.15) is 17.6 Å². The van der Waals surface area contributed by atoms with E-state index in [2.05, 4.69) is 20.9 Å². The fraction of sp³-hybridized carbons (Fsp3) is 0.286. The topological polar surface area (TPSA) is 33.1 Å². The molecule has 0 bridgehead atoms. The minimum Gasteiger partial charge on any atom is -0.506 e. The van der Waals surface area contributed by atoms with E-state index in [1.165, 1.54) is 0 Å². The molecule has 0 atom stereocenters. The van der Waals surface area contributed by atoms with Crippen molar-refractivity contribution >= 4 is 15.9 Å². The van der Waals surface area contributed by atoms with Gasteiger partial charge in [-0.1, -0.05) is 15.9 Å². The highest BCUT2D eigenvalue weighted by atomic mass is 79.9. The fourth-order valence-corrected chi connectivity index (χ4v) is 1.44. The summed E-state index contributed by atoms with van der Waals surface area (Å²) in [5.41, 5.74) is -1.01. The van der Waals surface area contributed by atoms with Crippen LogP contribution in [0.2, 0.25) is 0 Å². The third kappa shape index (κ3) is 1.93. The van der Waals surface area contributed by atoms with Crippen LogP contribution in [0.25, 0.3) is 0 Å². The zero-order valence-electron chi connectivity index (χ0n) is 6.27. The minimum atomic E-state index is -2.91. The molecule has 0 aliphatic rings. The average molecular weight is 256 g/mol. The summed E-state index contributed by atoms with van der Waals surface area (Å²) in [4.78, 5) is 3.11. The molecule has 0 fully saturated rings. The molecule has 0 saturated carbocycles. The summed E-state index contributed by atoms with van der Waals surface area (Å²) in [6, 6.07) is 0. The van der Waals surface area contributed by atoms with E-state index in [1.807, 2.05) is 0 Å². The van der Waals surface area contributed by atoms with E-state index in [4.69, 9.17) is 5.11 Å². The van der Waals surface area contributed by atoms with E-state index in [1.54, 1.807) is 0 Å². The van der Waals surface area contributed by atoms with Crippen molar-refractivity contribution < 1.29 is 18.3 Å². The van der Waals surface area contributed by atoms with Crippen LogP contribution >= 0.6 is 15.9 Å². The van der Waals surface area contributed by atoms with Crippen LogP contribution < -0.4 is 0 Å². The third-order valence-corrected chi connectivity index (χ3v) is 2.06. The van der Waals surface area contributed by atoms with Crippen molar-refractivity contribution in [3.63, 3.8) is 0 Å². The van der Waals surface area contributed by atoms with Crippen molar-refractivity contribution in [2.45, 2.75) is 11.8 Å². The largest absolute Gasteiger partial charge is 0.506 e. The quantitative estimate of drug-likeness (QED) is 0.651. The Labute approximate surface area is 80.5 Å². The maximum absolute atomic E-state index is 12.8.